The van der Waals surface area contributed by atoms with E-state index in [0.717, 1.165) is 72.7 Å². The third-order valence-corrected chi connectivity index (χ3v) is 9.45. The number of thiazole rings is 1. The average molecular weight is 580 g/mol. The summed E-state index contributed by atoms with van der Waals surface area (Å²) in [4.78, 5) is 45.3. The van der Waals surface area contributed by atoms with E-state index in [4.69, 9.17) is 9.72 Å². The number of amides is 2. The molecule has 0 spiro atoms. The molecule has 2 aromatic carbocycles. The first-order chi connectivity index (χ1) is 20.6. The van der Waals surface area contributed by atoms with Gasteiger partial charge in [0.15, 0.2) is 0 Å². The molecule has 2 saturated heterocycles. The fourth-order valence-electron chi connectivity index (χ4n) is 6.17. The number of hydrogen-bond donors (Lipinski definition) is 0. The zero-order valence-corrected chi connectivity index (χ0v) is 24.3. The second-order valence-corrected chi connectivity index (χ2v) is 12.3. The molecule has 7 rings (SSSR count). The lowest BCUT2D eigenvalue weighted by Crippen LogP contribution is -2.40. The van der Waals surface area contributed by atoms with Gasteiger partial charge in [0.25, 0.3) is 11.8 Å². The number of hydrogen-bond acceptors (Lipinski definition) is 7. The molecule has 0 aliphatic carbocycles. The van der Waals surface area contributed by atoms with Gasteiger partial charge in [-0.2, -0.15) is 0 Å². The monoisotopic (exact) mass is 579 g/mol. The largest absolute Gasteiger partial charge is 0.486 e. The van der Waals surface area contributed by atoms with Gasteiger partial charge in [-0.3, -0.25) is 14.6 Å². The minimum atomic E-state index is -0.122. The van der Waals surface area contributed by atoms with Gasteiger partial charge in [0.1, 0.15) is 23.1 Å². The number of carbonyl (C=O) groups excluding carboxylic acids is 2. The molecule has 3 aliphatic rings. The molecule has 2 fully saturated rings. The van der Waals surface area contributed by atoms with Crippen molar-refractivity contribution in [2.45, 2.75) is 38.7 Å². The van der Waals surface area contributed by atoms with Crippen LogP contribution in [0.5, 0.6) is 5.75 Å². The fraction of sp³-hybridized carbons (Fsp3) is 0.364. The van der Waals surface area contributed by atoms with E-state index in [2.05, 4.69) is 28.2 Å². The number of benzene rings is 2. The number of aromatic nitrogens is 2. The van der Waals surface area contributed by atoms with Gasteiger partial charge >= 0.3 is 0 Å². The topological polar surface area (TPSA) is 88.0 Å². The van der Waals surface area contributed by atoms with Crippen LogP contribution >= 0.6 is 11.3 Å². The first-order valence-corrected chi connectivity index (χ1v) is 15.7. The number of pyridine rings is 1. The SMILES string of the molecule is O=C(c1cc(C(=O)N2CCCCC2)c2cc(OCc3nc4ccccc4s3)ccc2n1)N1CCC(C2=NCC=C2)CC1. The van der Waals surface area contributed by atoms with Crippen molar-refractivity contribution in [1.29, 1.82) is 0 Å². The van der Waals surface area contributed by atoms with Gasteiger partial charge in [-0.15, -0.1) is 11.3 Å². The van der Waals surface area contributed by atoms with Crippen molar-refractivity contribution in [2.24, 2.45) is 10.9 Å². The van der Waals surface area contributed by atoms with Crippen LogP contribution in [-0.2, 0) is 6.61 Å². The van der Waals surface area contributed by atoms with Crippen molar-refractivity contribution >= 4 is 50.0 Å². The Kier molecular flexibility index (Phi) is 7.42. The van der Waals surface area contributed by atoms with Crippen molar-refractivity contribution < 1.29 is 14.3 Å². The van der Waals surface area contributed by atoms with E-state index < -0.39 is 0 Å². The highest BCUT2D eigenvalue weighted by Gasteiger charge is 2.29. The van der Waals surface area contributed by atoms with E-state index in [1.807, 2.05) is 46.2 Å². The number of fused-ring (bicyclic) bond motifs is 2. The maximum atomic E-state index is 13.8. The molecule has 0 atom stereocenters. The van der Waals surface area contributed by atoms with Crippen LogP contribution in [0.4, 0.5) is 0 Å². The summed E-state index contributed by atoms with van der Waals surface area (Å²) in [6, 6.07) is 15.3. The Hall–Kier alpha value is -4.11. The summed E-state index contributed by atoms with van der Waals surface area (Å²) in [6.07, 6.45) is 9.09. The highest BCUT2D eigenvalue weighted by atomic mass is 32.1. The number of piperidine rings is 2. The Balaban J connectivity index is 1.16. The first-order valence-electron chi connectivity index (χ1n) is 14.8. The normalized spacial score (nSPS) is 17.7. The van der Waals surface area contributed by atoms with E-state index >= 15 is 0 Å². The van der Waals surface area contributed by atoms with Crippen molar-refractivity contribution in [2.75, 3.05) is 32.7 Å². The zero-order valence-electron chi connectivity index (χ0n) is 23.5. The molecule has 3 aliphatic heterocycles. The summed E-state index contributed by atoms with van der Waals surface area (Å²) in [5.74, 6) is 0.864. The van der Waals surface area contributed by atoms with Gasteiger partial charge in [0, 0.05) is 43.2 Å². The molecular formula is C33H33N5O3S. The summed E-state index contributed by atoms with van der Waals surface area (Å²) < 4.78 is 7.26. The van der Waals surface area contributed by atoms with E-state index in [1.54, 1.807) is 17.4 Å². The smallest absolute Gasteiger partial charge is 0.272 e. The van der Waals surface area contributed by atoms with Crippen molar-refractivity contribution in [3.63, 3.8) is 0 Å². The average Bonchev–Trinajstić information content (AvgIpc) is 3.74. The number of para-hydroxylation sites is 1. The van der Waals surface area contributed by atoms with Crippen LogP contribution in [0.15, 0.2) is 65.7 Å². The molecule has 4 aromatic rings. The number of aliphatic imine (C=N–C) groups is 1. The molecule has 8 nitrogen and oxygen atoms in total. The molecule has 0 radical (unpaired) electrons. The Morgan fingerprint density at radius 2 is 1.69 bits per heavy atom. The summed E-state index contributed by atoms with van der Waals surface area (Å²) in [5, 5.41) is 1.59. The van der Waals surface area contributed by atoms with Gasteiger partial charge in [-0.25, -0.2) is 9.97 Å². The molecule has 0 N–H and O–H groups in total. The molecule has 42 heavy (non-hydrogen) atoms. The maximum absolute atomic E-state index is 13.8. The lowest BCUT2D eigenvalue weighted by Gasteiger charge is -2.32. The molecular weight excluding hydrogens is 546 g/mol. The van der Waals surface area contributed by atoms with E-state index in [-0.39, 0.29) is 11.8 Å². The highest BCUT2D eigenvalue weighted by molar-refractivity contribution is 7.18. The summed E-state index contributed by atoms with van der Waals surface area (Å²) in [7, 11) is 0. The van der Waals surface area contributed by atoms with Gasteiger partial charge in [0.05, 0.1) is 27.8 Å². The Bertz CT molecular complexity index is 1680. The lowest BCUT2D eigenvalue weighted by molar-refractivity contribution is 0.0704. The zero-order chi connectivity index (χ0) is 28.5. The van der Waals surface area contributed by atoms with E-state index in [1.165, 1.54) is 0 Å². The van der Waals surface area contributed by atoms with Gasteiger partial charge in [-0.1, -0.05) is 18.2 Å². The third kappa shape index (κ3) is 5.41. The lowest BCUT2D eigenvalue weighted by atomic mass is 9.92. The van der Waals surface area contributed by atoms with Crippen LogP contribution in [0.2, 0.25) is 0 Å². The summed E-state index contributed by atoms with van der Waals surface area (Å²) >= 11 is 1.61. The molecule has 214 valence electrons. The van der Waals surface area contributed by atoms with Crippen LogP contribution in [0.1, 0.15) is 58.0 Å². The number of allylic oxidation sites excluding steroid dienone is 1. The molecule has 2 amide bonds. The number of rotatable bonds is 6. The summed E-state index contributed by atoms with van der Waals surface area (Å²) in [6.45, 7) is 3.87. The van der Waals surface area contributed by atoms with Crippen molar-refractivity contribution in [3.8, 4) is 5.75 Å². The molecule has 0 bridgehead atoms. The Labute approximate surface area is 248 Å². The second kappa shape index (κ2) is 11.6. The van der Waals surface area contributed by atoms with Crippen molar-refractivity contribution in [3.05, 3.63) is 76.9 Å². The predicted molar refractivity (Wildman–Crippen MR) is 166 cm³/mol. The van der Waals surface area contributed by atoms with Gasteiger partial charge in [-0.05, 0) is 74.6 Å². The number of carbonyl (C=O) groups is 2. The van der Waals surface area contributed by atoms with Crippen LogP contribution in [0.3, 0.4) is 0 Å². The molecule has 0 unspecified atom stereocenters. The maximum Gasteiger partial charge on any atom is 0.272 e. The highest BCUT2D eigenvalue weighted by Crippen LogP contribution is 2.29. The Morgan fingerprint density at radius 1 is 0.881 bits per heavy atom. The fourth-order valence-corrected chi connectivity index (χ4v) is 7.05. The third-order valence-electron chi connectivity index (χ3n) is 8.44. The molecule has 2 aromatic heterocycles. The molecule has 9 heteroatoms. The second-order valence-electron chi connectivity index (χ2n) is 11.2. The summed E-state index contributed by atoms with van der Waals surface area (Å²) in [5.41, 5.74) is 3.57. The van der Waals surface area contributed by atoms with Crippen LogP contribution < -0.4 is 4.74 Å². The minimum absolute atomic E-state index is 0.0517. The number of likely N-dealkylation sites (tertiary alicyclic amines) is 2. The first kappa shape index (κ1) is 26.8. The van der Waals surface area contributed by atoms with Gasteiger partial charge in [0.2, 0.25) is 0 Å². The van der Waals surface area contributed by atoms with Crippen LogP contribution in [0, 0.1) is 5.92 Å². The Morgan fingerprint density at radius 3 is 2.48 bits per heavy atom. The minimum Gasteiger partial charge on any atom is -0.486 e. The number of nitrogens with zero attached hydrogens (tertiary/aromatic N) is 5. The molecule has 0 saturated carbocycles. The van der Waals surface area contributed by atoms with Crippen LogP contribution in [0.25, 0.3) is 21.1 Å². The quantitative estimate of drug-likeness (QED) is 0.283. The van der Waals surface area contributed by atoms with Crippen LogP contribution in [-0.4, -0.2) is 70.0 Å². The van der Waals surface area contributed by atoms with E-state index in [0.29, 0.717) is 53.5 Å². The van der Waals surface area contributed by atoms with Gasteiger partial charge < -0.3 is 14.5 Å². The molecule has 5 heterocycles. The predicted octanol–water partition coefficient (Wildman–Crippen LogP) is 5.91. The van der Waals surface area contributed by atoms with Crippen molar-refractivity contribution in [1.82, 2.24) is 19.8 Å². The number of ether oxygens (including phenoxy) is 1. The standard InChI is InChI=1S/C33H33N5O3S/c39-32(37-15-4-1-5-16-37)25-20-29(33(40)38-17-12-22(13-18-38)26-8-6-14-34-26)35-27-11-10-23(19-24(25)27)41-21-31-36-28-7-2-3-9-30(28)42-31/h2-3,6-11,19-20,22H,1,4-5,12-18,21H2. The van der Waals surface area contributed by atoms with E-state index in [9.17, 15) is 9.59 Å².